The molecule has 0 unspecified atom stereocenters. The number of methoxy groups -OCH3 is 2. The Labute approximate surface area is 210 Å². The molecule has 2 aliphatic heterocycles. The summed E-state index contributed by atoms with van der Waals surface area (Å²) in [6.07, 6.45) is 0.580. The number of nitrogens with one attached hydrogen (secondary N) is 1. The van der Waals surface area contributed by atoms with Gasteiger partial charge in [-0.3, -0.25) is 4.79 Å². The van der Waals surface area contributed by atoms with Crippen LogP contribution in [0.4, 0.5) is 0 Å². The van der Waals surface area contributed by atoms with Crippen LogP contribution in [0.1, 0.15) is 28.2 Å². The number of ether oxygens (including phenoxy) is 3. The molecule has 9 heteroatoms. The minimum absolute atomic E-state index is 0.0121. The molecule has 0 aromatic heterocycles. The molecule has 0 bridgehead atoms. The molecule has 0 spiro atoms. The number of hydrogen-bond donors (Lipinski definition) is 1. The maximum atomic E-state index is 13.3. The Balaban J connectivity index is 1.27. The summed E-state index contributed by atoms with van der Waals surface area (Å²) in [5, 5.41) is 2.84. The lowest BCUT2D eigenvalue weighted by Crippen LogP contribution is -2.41. The number of amides is 1. The van der Waals surface area contributed by atoms with Crippen molar-refractivity contribution in [1.82, 2.24) is 9.62 Å². The minimum Gasteiger partial charge on any atom is -0.493 e. The van der Waals surface area contributed by atoms with Crippen LogP contribution in [0.3, 0.4) is 0 Å². The van der Waals surface area contributed by atoms with Gasteiger partial charge in [-0.1, -0.05) is 36.4 Å². The van der Waals surface area contributed by atoms with Gasteiger partial charge in [-0.2, -0.15) is 4.31 Å². The largest absolute Gasteiger partial charge is 0.493 e. The summed E-state index contributed by atoms with van der Waals surface area (Å²) >= 11 is 0. The number of hydrogen-bond acceptors (Lipinski definition) is 6. The Bertz CT molecular complexity index is 1360. The summed E-state index contributed by atoms with van der Waals surface area (Å²) < 4.78 is 44.4. The molecule has 188 valence electrons. The number of nitrogens with zero attached hydrogens (tertiary/aromatic N) is 1. The van der Waals surface area contributed by atoms with E-state index in [4.69, 9.17) is 14.2 Å². The van der Waals surface area contributed by atoms with Crippen molar-refractivity contribution in [1.29, 1.82) is 0 Å². The van der Waals surface area contributed by atoms with Crippen molar-refractivity contribution in [2.45, 2.75) is 18.9 Å². The van der Waals surface area contributed by atoms with E-state index in [2.05, 4.69) is 5.32 Å². The lowest BCUT2D eigenvalue weighted by Gasteiger charge is -2.29. The van der Waals surface area contributed by atoms with Crippen molar-refractivity contribution in [2.75, 3.05) is 33.1 Å². The Morgan fingerprint density at radius 3 is 2.17 bits per heavy atom. The number of rotatable bonds is 7. The molecule has 0 aliphatic carbocycles. The molecule has 2 heterocycles. The first kappa shape index (κ1) is 24.1. The molecule has 8 nitrogen and oxygen atoms in total. The van der Waals surface area contributed by atoms with Crippen LogP contribution in [0.5, 0.6) is 23.0 Å². The van der Waals surface area contributed by atoms with Gasteiger partial charge in [0.1, 0.15) is 11.5 Å². The van der Waals surface area contributed by atoms with Crippen LogP contribution in [0, 0.1) is 0 Å². The van der Waals surface area contributed by atoms with Gasteiger partial charge in [0.25, 0.3) is 0 Å². The summed E-state index contributed by atoms with van der Waals surface area (Å²) in [5.41, 5.74) is 3.45. The molecule has 5 rings (SSSR count). The predicted octanol–water partition coefficient (Wildman–Crippen LogP) is 3.45. The summed E-state index contributed by atoms with van der Waals surface area (Å²) in [6.45, 7) is 0.643. The van der Waals surface area contributed by atoms with Crippen LogP contribution in [0.2, 0.25) is 0 Å². The SMILES string of the molecule is COc1cc2c(cc1OC)CN(S(=O)(=O)CCNC(=O)C1c3ccccc3Oc3ccccc31)CC2. The standard InChI is InChI=1S/C27H28N2O6S/c1-33-24-15-18-11-13-29(17-19(18)16-25(24)34-2)36(31,32)14-12-28-27(30)26-20-7-3-5-9-22(20)35-23-10-6-4-8-21(23)26/h3-10,15-16,26H,11-14,17H2,1-2H3,(H,28,30). The van der Waals surface area contributed by atoms with Crippen LogP contribution in [-0.2, 0) is 27.8 Å². The van der Waals surface area contributed by atoms with Crippen molar-refractivity contribution in [2.24, 2.45) is 0 Å². The molecule has 0 saturated heterocycles. The monoisotopic (exact) mass is 508 g/mol. The number of carbonyl (C=O) groups is 1. The zero-order chi connectivity index (χ0) is 25.3. The fraction of sp³-hybridized carbons (Fsp3) is 0.296. The number of benzene rings is 3. The van der Waals surface area contributed by atoms with Gasteiger partial charge in [-0.25, -0.2) is 8.42 Å². The molecule has 0 fully saturated rings. The molecule has 3 aromatic carbocycles. The number of fused-ring (bicyclic) bond motifs is 3. The summed E-state index contributed by atoms with van der Waals surface area (Å²) in [6, 6.07) is 18.6. The quantitative estimate of drug-likeness (QED) is 0.526. The third-order valence-corrected chi connectivity index (χ3v) is 8.50. The van der Waals surface area contributed by atoms with Gasteiger partial charge < -0.3 is 19.5 Å². The van der Waals surface area contributed by atoms with Crippen molar-refractivity contribution in [3.05, 3.63) is 82.9 Å². The smallest absolute Gasteiger partial charge is 0.232 e. The lowest BCUT2D eigenvalue weighted by atomic mass is 9.87. The molecule has 0 saturated carbocycles. The van der Waals surface area contributed by atoms with Gasteiger partial charge in [0, 0.05) is 30.8 Å². The number of sulfonamides is 1. The van der Waals surface area contributed by atoms with E-state index in [1.165, 1.54) is 4.31 Å². The highest BCUT2D eigenvalue weighted by Gasteiger charge is 2.33. The van der Waals surface area contributed by atoms with Crippen LogP contribution in [0.15, 0.2) is 60.7 Å². The first-order valence-corrected chi connectivity index (χ1v) is 13.4. The third kappa shape index (κ3) is 4.52. The van der Waals surface area contributed by atoms with Crippen LogP contribution < -0.4 is 19.5 Å². The van der Waals surface area contributed by atoms with Gasteiger partial charge in [-0.15, -0.1) is 0 Å². The van der Waals surface area contributed by atoms with Gasteiger partial charge in [0.05, 0.1) is 25.9 Å². The highest BCUT2D eigenvalue weighted by molar-refractivity contribution is 7.89. The maximum Gasteiger partial charge on any atom is 0.232 e. The molecular formula is C27H28N2O6S. The predicted molar refractivity (Wildman–Crippen MR) is 135 cm³/mol. The first-order chi connectivity index (χ1) is 17.4. The molecule has 1 amide bonds. The Kier molecular flexibility index (Phi) is 6.59. The topological polar surface area (TPSA) is 94.2 Å². The second-order valence-corrected chi connectivity index (χ2v) is 10.9. The number of carbonyl (C=O) groups excluding carboxylic acids is 1. The van der Waals surface area contributed by atoms with E-state index in [9.17, 15) is 13.2 Å². The van der Waals surface area contributed by atoms with Gasteiger partial charge >= 0.3 is 0 Å². The van der Waals surface area contributed by atoms with E-state index in [-0.39, 0.29) is 24.7 Å². The summed E-state index contributed by atoms with van der Waals surface area (Å²) in [7, 11) is -0.453. The normalized spacial score (nSPS) is 15.2. The maximum absolute atomic E-state index is 13.3. The van der Waals surface area contributed by atoms with E-state index < -0.39 is 15.9 Å². The Morgan fingerprint density at radius 2 is 1.56 bits per heavy atom. The van der Waals surface area contributed by atoms with Crippen molar-refractivity contribution in [3.8, 4) is 23.0 Å². The van der Waals surface area contributed by atoms with Crippen molar-refractivity contribution < 1.29 is 27.4 Å². The first-order valence-electron chi connectivity index (χ1n) is 11.8. The fourth-order valence-corrected chi connectivity index (χ4v) is 6.14. The van der Waals surface area contributed by atoms with Gasteiger partial charge in [0.2, 0.25) is 15.9 Å². The fourth-order valence-electron chi connectivity index (χ4n) is 4.82. The molecule has 0 radical (unpaired) electrons. The van der Waals surface area contributed by atoms with E-state index >= 15 is 0 Å². The van der Waals surface area contributed by atoms with E-state index in [0.717, 1.165) is 22.3 Å². The third-order valence-electron chi connectivity index (χ3n) is 6.68. The average Bonchev–Trinajstić information content (AvgIpc) is 2.90. The second-order valence-electron chi connectivity index (χ2n) is 8.78. The average molecular weight is 509 g/mol. The summed E-state index contributed by atoms with van der Waals surface area (Å²) in [4.78, 5) is 13.3. The van der Waals surface area contributed by atoms with Crippen molar-refractivity contribution in [3.63, 3.8) is 0 Å². The molecular weight excluding hydrogens is 480 g/mol. The van der Waals surface area contributed by atoms with Crippen LogP contribution >= 0.6 is 0 Å². The van der Waals surface area contributed by atoms with Crippen LogP contribution in [0.25, 0.3) is 0 Å². The highest BCUT2D eigenvalue weighted by atomic mass is 32.2. The highest BCUT2D eigenvalue weighted by Crippen LogP contribution is 2.43. The molecule has 1 N–H and O–H groups in total. The van der Waals surface area contributed by atoms with E-state index in [1.54, 1.807) is 14.2 Å². The van der Waals surface area contributed by atoms with Crippen LogP contribution in [-0.4, -0.2) is 51.7 Å². The molecule has 3 aromatic rings. The zero-order valence-corrected chi connectivity index (χ0v) is 21.0. The molecule has 2 aliphatic rings. The number of para-hydroxylation sites is 2. The van der Waals surface area contributed by atoms with Crippen molar-refractivity contribution >= 4 is 15.9 Å². The van der Waals surface area contributed by atoms with E-state index in [0.29, 0.717) is 36.0 Å². The Morgan fingerprint density at radius 1 is 0.972 bits per heavy atom. The van der Waals surface area contributed by atoms with E-state index in [1.807, 2.05) is 60.7 Å². The molecule has 36 heavy (non-hydrogen) atoms. The zero-order valence-electron chi connectivity index (χ0n) is 20.2. The van der Waals surface area contributed by atoms with Gasteiger partial charge in [0.15, 0.2) is 11.5 Å². The lowest BCUT2D eigenvalue weighted by molar-refractivity contribution is -0.121. The van der Waals surface area contributed by atoms with Gasteiger partial charge in [-0.05, 0) is 41.8 Å². The minimum atomic E-state index is -3.59. The second kappa shape index (κ2) is 9.83. The summed E-state index contributed by atoms with van der Waals surface area (Å²) in [5.74, 6) is 1.44. The molecule has 0 atom stereocenters. The Hall–Kier alpha value is -3.56.